The van der Waals surface area contributed by atoms with Crippen LogP contribution in [0.4, 0.5) is 0 Å². The monoisotopic (exact) mass is 339 g/mol. The summed E-state index contributed by atoms with van der Waals surface area (Å²) in [5, 5.41) is 0. The lowest BCUT2D eigenvalue weighted by Crippen LogP contribution is -2.00. The molecule has 0 saturated heterocycles. The van der Waals surface area contributed by atoms with Crippen molar-refractivity contribution in [1.29, 1.82) is 0 Å². The molecule has 2 N–H and O–H groups in total. The van der Waals surface area contributed by atoms with Gasteiger partial charge in [0.1, 0.15) is 11.5 Å². The van der Waals surface area contributed by atoms with Crippen LogP contribution in [0.3, 0.4) is 0 Å². The van der Waals surface area contributed by atoms with Gasteiger partial charge in [-0.25, -0.2) is 0 Å². The fraction of sp³-hybridized carbons (Fsp3) is 0.143. The standard InChI is InChI=1S/C14H14INO/c1-10-5-6-14(11(7-10)9-16)17-13-4-2-3-12(15)8-13/h2-8H,9,16H2,1H3. The van der Waals surface area contributed by atoms with Crippen molar-refractivity contribution in [2.75, 3.05) is 0 Å². The summed E-state index contributed by atoms with van der Waals surface area (Å²) in [4.78, 5) is 0. The van der Waals surface area contributed by atoms with E-state index in [1.807, 2.05) is 43.3 Å². The Kier molecular flexibility index (Phi) is 4.02. The Morgan fingerprint density at radius 1 is 1.18 bits per heavy atom. The zero-order valence-corrected chi connectivity index (χ0v) is 11.8. The molecule has 0 bridgehead atoms. The molecule has 2 rings (SSSR count). The number of nitrogens with two attached hydrogens (primary N) is 1. The molecule has 0 spiro atoms. The van der Waals surface area contributed by atoms with Crippen molar-refractivity contribution in [3.63, 3.8) is 0 Å². The lowest BCUT2D eigenvalue weighted by molar-refractivity contribution is 0.476. The topological polar surface area (TPSA) is 35.2 Å². The number of hydrogen-bond acceptors (Lipinski definition) is 2. The summed E-state index contributed by atoms with van der Waals surface area (Å²) in [6.07, 6.45) is 0. The van der Waals surface area contributed by atoms with Crippen molar-refractivity contribution in [3.8, 4) is 11.5 Å². The minimum atomic E-state index is 0.487. The molecule has 0 aliphatic heterocycles. The molecule has 0 radical (unpaired) electrons. The molecule has 2 nitrogen and oxygen atoms in total. The van der Waals surface area contributed by atoms with Gasteiger partial charge in [0.25, 0.3) is 0 Å². The number of benzene rings is 2. The highest BCUT2D eigenvalue weighted by Crippen LogP contribution is 2.26. The van der Waals surface area contributed by atoms with E-state index in [9.17, 15) is 0 Å². The average molecular weight is 339 g/mol. The van der Waals surface area contributed by atoms with Crippen molar-refractivity contribution in [1.82, 2.24) is 0 Å². The fourth-order valence-corrected chi connectivity index (χ4v) is 2.14. The lowest BCUT2D eigenvalue weighted by atomic mass is 10.1. The van der Waals surface area contributed by atoms with Crippen LogP contribution >= 0.6 is 22.6 Å². The minimum Gasteiger partial charge on any atom is -0.457 e. The largest absolute Gasteiger partial charge is 0.457 e. The van der Waals surface area contributed by atoms with Crippen LogP contribution in [0.5, 0.6) is 11.5 Å². The molecular weight excluding hydrogens is 325 g/mol. The van der Waals surface area contributed by atoms with E-state index < -0.39 is 0 Å². The van der Waals surface area contributed by atoms with Crippen molar-refractivity contribution < 1.29 is 4.74 Å². The van der Waals surface area contributed by atoms with E-state index in [2.05, 4.69) is 28.7 Å². The molecule has 2 aromatic carbocycles. The SMILES string of the molecule is Cc1ccc(Oc2cccc(I)c2)c(CN)c1. The normalized spacial score (nSPS) is 10.3. The van der Waals surface area contributed by atoms with Gasteiger partial charge in [0, 0.05) is 15.7 Å². The molecule has 0 amide bonds. The molecule has 0 aliphatic carbocycles. The van der Waals surface area contributed by atoms with E-state index in [1.54, 1.807) is 0 Å². The predicted molar refractivity (Wildman–Crippen MR) is 78.3 cm³/mol. The Balaban J connectivity index is 2.29. The fourth-order valence-electron chi connectivity index (χ4n) is 1.62. The predicted octanol–water partition coefficient (Wildman–Crippen LogP) is 3.85. The summed E-state index contributed by atoms with van der Waals surface area (Å²) in [6, 6.07) is 14.0. The highest BCUT2D eigenvalue weighted by Gasteiger charge is 2.04. The molecule has 88 valence electrons. The Labute approximate surface area is 115 Å². The van der Waals surface area contributed by atoms with Gasteiger partial charge in [-0.2, -0.15) is 0 Å². The smallest absolute Gasteiger partial charge is 0.131 e. The molecule has 2 aromatic rings. The van der Waals surface area contributed by atoms with Gasteiger partial charge in [0.05, 0.1) is 0 Å². The quantitative estimate of drug-likeness (QED) is 0.862. The van der Waals surface area contributed by atoms with Crippen LogP contribution in [0.1, 0.15) is 11.1 Å². The van der Waals surface area contributed by atoms with Crippen molar-refractivity contribution >= 4 is 22.6 Å². The number of halogens is 1. The first-order valence-electron chi connectivity index (χ1n) is 5.42. The highest BCUT2D eigenvalue weighted by atomic mass is 127. The summed E-state index contributed by atoms with van der Waals surface area (Å²) in [5.74, 6) is 1.68. The average Bonchev–Trinajstić information content (AvgIpc) is 2.31. The number of hydrogen-bond donors (Lipinski definition) is 1. The van der Waals surface area contributed by atoms with E-state index in [-0.39, 0.29) is 0 Å². The second-order valence-corrected chi connectivity index (χ2v) is 5.12. The first-order chi connectivity index (χ1) is 8.19. The Bertz CT molecular complexity index is 525. The van der Waals surface area contributed by atoms with E-state index >= 15 is 0 Å². The molecule has 0 fully saturated rings. The van der Waals surface area contributed by atoms with E-state index in [0.29, 0.717) is 6.54 Å². The zero-order valence-electron chi connectivity index (χ0n) is 9.61. The Morgan fingerprint density at radius 3 is 2.71 bits per heavy atom. The summed E-state index contributed by atoms with van der Waals surface area (Å²) in [5.41, 5.74) is 7.95. The third-order valence-corrected chi connectivity index (χ3v) is 3.13. The number of rotatable bonds is 3. The lowest BCUT2D eigenvalue weighted by Gasteiger charge is -2.11. The summed E-state index contributed by atoms with van der Waals surface area (Å²) < 4.78 is 7.01. The van der Waals surface area contributed by atoms with Crippen LogP contribution in [-0.2, 0) is 6.54 Å². The maximum atomic E-state index is 5.85. The molecule has 3 heteroatoms. The van der Waals surface area contributed by atoms with Gasteiger partial charge in [0.15, 0.2) is 0 Å². The van der Waals surface area contributed by atoms with E-state index in [4.69, 9.17) is 10.5 Å². The molecule has 0 atom stereocenters. The van der Waals surface area contributed by atoms with Crippen molar-refractivity contribution in [3.05, 3.63) is 57.2 Å². The van der Waals surface area contributed by atoms with Crippen LogP contribution in [0.25, 0.3) is 0 Å². The first kappa shape index (κ1) is 12.4. The van der Waals surface area contributed by atoms with Crippen LogP contribution < -0.4 is 10.5 Å². The van der Waals surface area contributed by atoms with Crippen LogP contribution in [0.2, 0.25) is 0 Å². The summed E-state index contributed by atoms with van der Waals surface area (Å²) in [6.45, 7) is 2.54. The summed E-state index contributed by atoms with van der Waals surface area (Å²) >= 11 is 2.27. The van der Waals surface area contributed by atoms with Gasteiger partial charge in [-0.3, -0.25) is 0 Å². The van der Waals surface area contributed by atoms with Gasteiger partial charge in [-0.05, 0) is 53.8 Å². The molecule has 0 aromatic heterocycles. The highest BCUT2D eigenvalue weighted by molar-refractivity contribution is 14.1. The molecule has 17 heavy (non-hydrogen) atoms. The van der Waals surface area contributed by atoms with Crippen LogP contribution in [0, 0.1) is 10.5 Å². The van der Waals surface area contributed by atoms with Crippen LogP contribution in [0.15, 0.2) is 42.5 Å². The van der Waals surface area contributed by atoms with Crippen LogP contribution in [-0.4, -0.2) is 0 Å². The van der Waals surface area contributed by atoms with Gasteiger partial charge >= 0.3 is 0 Å². The Hall–Kier alpha value is -1.07. The van der Waals surface area contributed by atoms with Gasteiger partial charge in [-0.1, -0.05) is 23.8 Å². The van der Waals surface area contributed by atoms with Gasteiger partial charge in [0.2, 0.25) is 0 Å². The second kappa shape index (κ2) is 5.51. The third-order valence-electron chi connectivity index (χ3n) is 2.46. The van der Waals surface area contributed by atoms with Crippen molar-refractivity contribution in [2.24, 2.45) is 5.73 Å². The Morgan fingerprint density at radius 2 is 2.00 bits per heavy atom. The minimum absolute atomic E-state index is 0.487. The molecule has 0 heterocycles. The zero-order chi connectivity index (χ0) is 12.3. The molecule has 0 aliphatic rings. The molecule has 0 unspecified atom stereocenters. The molecule has 0 saturated carbocycles. The number of ether oxygens (including phenoxy) is 1. The van der Waals surface area contributed by atoms with E-state index in [0.717, 1.165) is 20.6 Å². The number of aryl methyl sites for hydroxylation is 1. The maximum Gasteiger partial charge on any atom is 0.131 e. The van der Waals surface area contributed by atoms with Gasteiger partial charge in [-0.15, -0.1) is 0 Å². The maximum absolute atomic E-state index is 5.85. The van der Waals surface area contributed by atoms with Gasteiger partial charge < -0.3 is 10.5 Å². The van der Waals surface area contributed by atoms with Crippen molar-refractivity contribution in [2.45, 2.75) is 13.5 Å². The second-order valence-electron chi connectivity index (χ2n) is 3.87. The molecular formula is C14H14INO. The third kappa shape index (κ3) is 3.20. The first-order valence-corrected chi connectivity index (χ1v) is 6.50. The van der Waals surface area contributed by atoms with E-state index in [1.165, 1.54) is 5.56 Å². The summed E-state index contributed by atoms with van der Waals surface area (Å²) in [7, 11) is 0.